The van der Waals surface area contributed by atoms with Crippen molar-refractivity contribution in [1.82, 2.24) is 5.48 Å². The van der Waals surface area contributed by atoms with Crippen LogP contribution in [-0.4, -0.2) is 16.9 Å². The predicted molar refractivity (Wildman–Crippen MR) is 76.9 cm³/mol. The molecule has 0 heterocycles. The van der Waals surface area contributed by atoms with Gasteiger partial charge in [-0.05, 0) is 6.42 Å². The summed E-state index contributed by atoms with van der Waals surface area (Å²) in [5.74, 6) is 0. The summed E-state index contributed by atoms with van der Waals surface area (Å²) in [6.45, 7) is 3.13. The molecule has 0 amide bonds. The highest BCUT2D eigenvalue weighted by molar-refractivity contribution is 6.67. The summed E-state index contributed by atoms with van der Waals surface area (Å²) in [6.07, 6.45) is 10.4. The van der Waals surface area contributed by atoms with E-state index in [0.29, 0.717) is 0 Å². The van der Waals surface area contributed by atoms with E-state index < -0.39 is 3.79 Å². The van der Waals surface area contributed by atoms with Gasteiger partial charge in [-0.25, -0.2) is 5.48 Å². The molecule has 0 saturated carbocycles. The Hall–Kier alpha value is 0.790. The van der Waals surface area contributed by atoms with Gasteiger partial charge in [0.05, 0.1) is 0 Å². The molecule has 0 saturated heterocycles. The van der Waals surface area contributed by atoms with Crippen molar-refractivity contribution in [3.8, 4) is 0 Å². The van der Waals surface area contributed by atoms with Crippen molar-refractivity contribution in [1.29, 1.82) is 0 Å². The highest BCUT2D eigenvalue weighted by Crippen LogP contribution is 2.25. The van der Waals surface area contributed by atoms with Crippen LogP contribution in [-0.2, 0) is 4.84 Å². The average molecular weight is 305 g/mol. The van der Waals surface area contributed by atoms with Crippen LogP contribution >= 0.6 is 34.8 Å². The first kappa shape index (κ1) is 17.8. The molecule has 0 rings (SSSR count). The molecule has 0 aromatic heterocycles. The summed E-state index contributed by atoms with van der Waals surface area (Å²) in [4.78, 5) is 5.01. The molecule has 1 N–H and O–H groups in total. The number of unbranched alkanes of at least 4 members (excludes halogenated alkanes) is 7. The Bertz CT molecular complexity index is 162. The first-order chi connectivity index (χ1) is 8.06. The molecule has 0 unspecified atom stereocenters. The summed E-state index contributed by atoms with van der Waals surface area (Å²) >= 11 is 16.6. The topological polar surface area (TPSA) is 21.3 Å². The minimum atomic E-state index is -1.33. The van der Waals surface area contributed by atoms with E-state index in [1.54, 1.807) is 0 Å². The van der Waals surface area contributed by atoms with Crippen LogP contribution in [0.15, 0.2) is 0 Å². The van der Waals surface area contributed by atoms with Crippen LogP contribution < -0.4 is 5.48 Å². The molecule has 2 nitrogen and oxygen atoms in total. The Morgan fingerprint density at radius 2 is 1.41 bits per heavy atom. The van der Waals surface area contributed by atoms with E-state index in [4.69, 9.17) is 39.6 Å². The van der Waals surface area contributed by atoms with Crippen molar-refractivity contribution in [2.45, 2.75) is 62.1 Å². The quantitative estimate of drug-likeness (QED) is 0.329. The zero-order chi connectivity index (χ0) is 13.0. The van der Waals surface area contributed by atoms with Crippen molar-refractivity contribution in [2.24, 2.45) is 0 Å². The van der Waals surface area contributed by atoms with E-state index in [2.05, 4.69) is 12.4 Å². The van der Waals surface area contributed by atoms with E-state index in [9.17, 15) is 0 Å². The molecule has 0 radical (unpaired) electrons. The van der Waals surface area contributed by atoms with E-state index in [-0.39, 0.29) is 6.61 Å². The maximum atomic E-state index is 5.52. The minimum Gasteiger partial charge on any atom is -0.297 e. The van der Waals surface area contributed by atoms with E-state index >= 15 is 0 Å². The van der Waals surface area contributed by atoms with Gasteiger partial charge >= 0.3 is 0 Å². The van der Waals surface area contributed by atoms with Crippen molar-refractivity contribution in [2.75, 3.05) is 13.2 Å². The third-order valence-corrected chi connectivity index (χ3v) is 2.80. The Labute approximate surface area is 120 Å². The third kappa shape index (κ3) is 16.8. The van der Waals surface area contributed by atoms with E-state index in [1.807, 2.05) is 0 Å². The lowest BCUT2D eigenvalue weighted by molar-refractivity contribution is 0.0438. The fourth-order valence-electron chi connectivity index (χ4n) is 1.54. The Kier molecular flexibility index (Phi) is 12.4. The molecule has 104 valence electrons. The SMILES string of the molecule is CCCCCCCCCCNOCC(Cl)(Cl)Cl. The van der Waals surface area contributed by atoms with E-state index in [0.717, 1.165) is 13.0 Å². The van der Waals surface area contributed by atoms with Gasteiger partial charge in [-0.2, -0.15) is 0 Å². The first-order valence-electron chi connectivity index (χ1n) is 6.47. The second-order valence-electron chi connectivity index (χ2n) is 4.27. The Balaban J connectivity index is 2.99. The highest BCUT2D eigenvalue weighted by atomic mass is 35.6. The maximum Gasteiger partial charge on any atom is 0.215 e. The van der Waals surface area contributed by atoms with Gasteiger partial charge in [-0.1, -0.05) is 86.7 Å². The molecule has 0 aromatic rings. The fourth-order valence-corrected chi connectivity index (χ4v) is 1.70. The molecule has 0 bridgehead atoms. The molecule has 17 heavy (non-hydrogen) atoms. The van der Waals surface area contributed by atoms with Crippen LogP contribution in [0.2, 0.25) is 0 Å². The molecule has 5 heteroatoms. The highest BCUT2D eigenvalue weighted by Gasteiger charge is 2.19. The van der Waals surface area contributed by atoms with Gasteiger partial charge in [0.2, 0.25) is 3.79 Å². The standard InChI is InChI=1S/C12H24Cl3NO/c1-2-3-4-5-6-7-8-9-10-16-17-11-12(13,14)15/h16H,2-11H2,1H3. The van der Waals surface area contributed by atoms with Gasteiger partial charge in [0.15, 0.2) is 0 Å². The first-order valence-corrected chi connectivity index (χ1v) is 7.61. The third-order valence-electron chi connectivity index (χ3n) is 2.47. The summed E-state index contributed by atoms with van der Waals surface area (Å²) < 4.78 is -1.33. The number of hydrogen-bond acceptors (Lipinski definition) is 2. The summed E-state index contributed by atoms with van der Waals surface area (Å²) in [7, 11) is 0. The van der Waals surface area contributed by atoms with Crippen LogP contribution in [0.3, 0.4) is 0 Å². The van der Waals surface area contributed by atoms with Crippen molar-refractivity contribution >= 4 is 34.8 Å². The lowest BCUT2D eigenvalue weighted by Crippen LogP contribution is -2.23. The van der Waals surface area contributed by atoms with Crippen molar-refractivity contribution in [3.05, 3.63) is 0 Å². The fraction of sp³-hybridized carbons (Fsp3) is 1.00. The lowest BCUT2D eigenvalue weighted by atomic mass is 10.1. The van der Waals surface area contributed by atoms with Gasteiger partial charge in [-0.15, -0.1) is 0 Å². The van der Waals surface area contributed by atoms with E-state index in [1.165, 1.54) is 44.9 Å². The monoisotopic (exact) mass is 303 g/mol. The average Bonchev–Trinajstić information content (AvgIpc) is 2.24. The molecule has 0 spiro atoms. The number of alkyl halides is 3. The molecule has 0 atom stereocenters. The second kappa shape index (κ2) is 11.9. The largest absolute Gasteiger partial charge is 0.297 e. The Morgan fingerprint density at radius 3 is 1.94 bits per heavy atom. The van der Waals surface area contributed by atoms with Crippen LogP contribution in [0.5, 0.6) is 0 Å². The summed E-state index contributed by atoms with van der Waals surface area (Å²) in [5, 5.41) is 0. The van der Waals surface area contributed by atoms with Crippen molar-refractivity contribution < 1.29 is 4.84 Å². The number of hydrogen-bond donors (Lipinski definition) is 1. The molecular formula is C12H24Cl3NO. The van der Waals surface area contributed by atoms with Crippen LogP contribution in [0.4, 0.5) is 0 Å². The van der Waals surface area contributed by atoms with Crippen LogP contribution in [0.1, 0.15) is 58.3 Å². The van der Waals surface area contributed by atoms with Crippen LogP contribution in [0.25, 0.3) is 0 Å². The van der Waals surface area contributed by atoms with Gasteiger partial charge in [0.1, 0.15) is 6.61 Å². The maximum absolute atomic E-state index is 5.52. The smallest absolute Gasteiger partial charge is 0.215 e. The molecule has 0 aliphatic carbocycles. The second-order valence-corrected chi connectivity index (χ2v) is 6.79. The number of rotatable bonds is 11. The van der Waals surface area contributed by atoms with Gasteiger partial charge < -0.3 is 0 Å². The molecule has 0 aromatic carbocycles. The van der Waals surface area contributed by atoms with Gasteiger partial charge in [0.25, 0.3) is 0 Å². The van der Waals surface area contributed by atoms with Crippen molar-refractivity contribution in [3.63, 3.8) is 0 Å². The normalized spacial score (nSPS) is 12.0. The lowest BCUT2D eigenvalue weighted by Gasteiger charge is -2.11. The zero-order valence-corrected chi connectivity index (χ0v) is 12.9. The van der Waals surface area contributed by atoms with Gasteiger partial charge in [-0.3, -0.25) is 4.84 Å². The number of halogens is 3. The summed E-state index contributed by atoms with van der Waals surface area (Å²) in [5.41, 5.74) is 2.80. The molecule has 0 aliphatic heterocycles. The number of hydroxylamine groups is 1. The molecule has 0 fully saturated rings. The molecule has 0 aliphatic rings. The van der Waals surface area contributed by atoms with Crippen LogP contribution in [0, 0.1) is 0 Å². The van der Waals surface area contributed by atoms with Gasteiger partial charge in [0, 0.05) is 6.54 Å². The number of nitrogens with one attached hydrogen (secondary N) is 1. The Morgan fingerprint density at radius 1 is 0.882 bits per heavy atom. The predicted octanol–water partition coefficient (Wildman–Crippen LogP) is 5.02. The minimum absolute atomic E-state index is 0.0781. The molecular weight excluding hydrogens is 280 g/mol. The zero-order valence-electron chi connectivity index (χ0n) is 10.6. The summed E-state index contributed by atoms with van der Waals surface area (Å²) in [6, 6.07) is 0.